The molecule has 1 unspecified atom stereocenters. The van der Waals surface area contributed by atoms with E-state index in [-0.39, 0.29) is 18.0 Å². The van der Waals surface area contributed by atoms with E-state index in [0.717, 1.165) is 37.9 Å². The number of hydrogen-bond donors (Lipinski definition) is 2. The van der Waals surface area contributed by atoms with E-state index in [4.69, 9.17) is 0 Å². The summed E-state index contributed by atoms with van der Waals surface area (Å²) in [7, 11) is 0. The molecule has 1 heterocycles. The van der Waals surface area contributed by atoms with Crippen molar-refractivity contribution in [3.05, 3.63) is 34.1 Å². The van der Waals surface area contributed by atoms with Gasteiger partial charge in [-0.25, -0.2) is 4.39 Å². The monoisotopic (exact) mass is 295 g/mol. The smallest absolute Gasteiger partial charge is 0.295 e. The molecular formula is C14H18FN3O3. The molecule has 1 aliphatic heterocycles. The third-order valence-corrected chi connectivity index (χ3v) is 3.56. The summed E-state index contributed by atoms with van der Waals surface area (Å²) >= 11 is 0. The molecule has 1 aliphatic rings. The van der Waals surface area contributed by atoms with E-state index in [9.17, 15) is 19.3 Å². The molecule has 2 N–H and O–H groups in total. The van der Waals surface area contributed by atoms with E-state index in [2.05, 4.69) is 10.6 Å². The van der Waals surface area contributed by atoms with Crippen molar-refractivity contribution in [1.82, 2.24) is 5.32 Å². The first kappa shape index (κ1) is 15.4. The first-order valence-electron chi connectivity index (χ1n) is 7.03. The molecule has 0 bridgehead atoms. The summed E-state index contributed by atoms with van der Waals surface area (Å²) in [6, 6.07) is 3.43. The predicted molar refractivity (Wildman–Crippen MR) is 76.6 cm³/mol. The van der Waals surface area contributed by atoms with Gasteiger partial charge in [0.2, 0.25) is 5.91 Å². The van der Waals surface area contributed by atoms with E-state index in [1.165, 1.54) is 6.07 Å². The zero-order valence-electron chi connectivity index (χ0n) is 11.6. The lowest BCUT2D eigenvalue weighted by molar-refractivity contribution is -0.384. The molecule has 7 heteroatoms. The van der Waals surface area contributed by atoms with Gasteiger partial charge in [-0.2, -0.15) is 0 Å². The van der Waals surface area contributed by atoms with Gasteiger partial charge in [0.05, 0.1) is 11.0 Å². The zero-order valence-corrected chi connectivity index (χ0v) is 11.6. The van der Waals surface area contributed by atoms with Gasteiger partial charge in [0.15, 0.2) is 0 Å². The fraction of sp³-hybridized carbons (Fsp3) is 0.500. The van der Waals surface area contributed by atoms with Gasteiger partial charge in [-0.1, -0.05) is 6.42 Å². The van der Waals surface area contributed by atoms with Crippen LogP contribution in [0.2, 0.25) is 0 Å². The number of piperidine rings is 1. The number of nitro benzene ring substituents is 1. The molecule has 21 heavy (non-hydrogen) atoms. The molecule has 114 valence electrons. The highest BCUT2D eigenvalue weighted by Gasteiger charge is 2.18. The second-order valence-corrected chi connectivity index (χ2v) is 5.15. The van der Waals surface area contributed by atoms with Gasteiger partial charge >= 0.3 is 0 Å². The minimum Gasteiger partial charge on any atom is -0.320 e. The average molecular weight is 295 g/mol. The SMILES string of the molecule is O=C(CCC1CCCCN1)Nc1ccc(F)cc1[N+](=O)[O-]. The van der Waals surface area contributed by atoms with Crippen LogP contribution in [-0.2, 0) is 4.79 Å². The largest absolute Gasteiger partial charge is 0.320 e. The fourth-order valence-electron chi connectivity index (χ4n) is 2.45. The van der Waals surface area contributed by atoms with Crippen molar-refractivity contribution < 1.29 is 14.1 Å². The van der Waals surface area contributed by atoms with Gasteiger partial charge in [0.1, 0.15) is 11.5 Å². The third-order valence-electron chi connectivity index (χ3n) is 3.56. The average Bonchev–Trinajstić information content (AvgIpc) is 2.48. The van der Waals surface area contributed by atoms with Crippen LogP contribution in [0.5, 0.6) is 0 Å². The van der Waals surface area contributed by atoms with Crippen LogP contribution < -0.4 is 10.6 Å². The molecular weight excluding hydrogens is 277 g/mol. The van der Waals surface area contributed by atoms with Crippen LogP contribution in [0.1, 0.15) is 32.1 Å². The highest BCUT2D eigenvalue weighted by Crippen LogP contribution is 2.25. The minimum atomic E-state index is -0.707. The van der Waals surface area contributed by atoms with E-state index >= 15 is 0 Å². The molecule has 0 radical (unpaired) electrons. The van der Waals surface area contributed by atoms with Crippen molar-refractivity contribution in [3.63, 3.8) is 0 Å². The molecule has 1 fully saturated rings. The molecule has 0 spiro atoms. The number of rotatable bonds is 5. The molecule has 2 rings (SSSR count). The lowest BCUT2D eigenvalue weighted by Gasteiger charge is -2.23. The van der Waals surface area contributed by atoms with Crippen molar-refractivity contribution in [2.75, 3.05) is 11.9 Å². The molecule has 1 aromatic carbocycles. The second kappa shape index (κ2) is 7.12. The second-order valence-electron chi connectivity index (χ2n) is 5.15. The summed E-state index contributed by atoms with van der Waals surface area (Å²) in [5.41, 5.74) is -0.401. The van der Waals surface area contributed by atoms with Crippen LogP contribution >= 0.6 is 0 Å². The number of halogens is 1. The number of nitrogens with one attached hydrogen (secondary N) is 2. The lowest BCUT2D eigenvalue weighted by Crippen LogP contribution is -2.34. The first-order valence-corrected chi connectivity index (χ1v) is 7.03. The fourth-order valence-corrected chi connectivity index (χ4v) is 2.45. The Morgan fingerprint density at radius 1 is 1.48 bits per heavy atom. The summed E-state index contributed by atoms with van der Waals surface area (Å²) in [5.74, 6) is -0.997. The maximum absolute atomic E-state index is 13.0. The lowest BCUT2D eigenvalue weighted by atomic mass is 10.0. The molecule has 1 atom stereocenters. The van der Waals surface area contributed by atoms with Crippen LogP contribution in [-0.4, -0.2) is 23.4 Å². The third kappa shape index (κ3) is 4.49. The zero-order chi connectivity index (χ0) is 15.2. The summed E-state index contributed by atoms with van der Waals surface area (Å²) in [6.45, 7) is 0.968. The molecule has 0 saturated carbocycles. The van der Waals surface area contributed by atoms with Crippen molar-refractivity contribution in [2.24, 2.45) is 0 Å². The topological polar surface area (TPSA) is 84.3 Å². The highest BCUT2D eigenvalue weighted by molar-refractivity contribution is 5.93. The Labute approximate surface area is 121 Å². The summed E-state index contributed by atoms with van der Waals surface area (Å²) < 4.78 is 13.0. The minimum absolute atomic E-state index is 0.0306. The van der Waals surface area contributed by atoms with Gasteiger partial charge in [0, 0.05) is 12.5 Å². The van der Waals surface area contributed by atoms with E-state index in [1.54, 1.807) is 0 Å². The Bertz CT molecular complexity index is 530. The quantitative estimate of drug-likeness (QED) is 0.646. The maximum Gasteiger partial charge on any atom is 0.295 e. The van der Waals surface area contributed by atoms with E-state index in [1.807, 2.05) is 0 Å². The Morgan fingerprint density at radius 2 is 2.29 bits per heavy atom. The summed E-state index contributed by atoms with van der Waals surface area (Å²) in [4.78, 5) is 22.0. The van der Waals surface area contributed by atoms with E-state index in [0.29, 0.717) is 12.5 Å². The van der Waals surface area contributed by atoms with Gasteiger partial charge < -0.3 is 10.6 Å². The van der Waals surface area contributed by atoms with Crippen molar-refractivity contribution in [2.45, 2.75) is 38.1 Å². The van der Waals surface area contributed by atoms with Crippen LogP contribution in [0.3, 0.4) is 0 Å². The number of carbonyl (C=O) groups is 1. The first-order chi connectivity index (χ1) is 10.1. The molecule has 1 saturated heterocycles. The Kier molecular flexibility index (Phi) is 5.21. The van der Waals surface area contributed by atoms with Crippen molar-refractivity contribution in [1.29, 1.82) is 0 Å². The Balaban J connectivity index is 1.91. The Morgan fingerprint density at radius 3 is 2.95 bits per heavy atom. The summed E-state index contributed by atoms with van der Waals surface area (Å²) in [6.07, 6.45) is 4.34. The summed E-state index contributed by atoms with van der Waals surface area (Å²) in [5, 5.41) is 16.7. The van der Waals surface area contributed by atoms with Gasteiger partial charge in [0.25, 0.3) is 5.69 Å². The molecule has 0 aliphatic carbocycles. The standard InChI is InChI=1S/C14H18FN3O3/c15-10-4-6-12(13(9-10)18(20)21)17-14(19)7-5-11-3-1-2-8-16-11/h4,6,9,11,16H,1-3,5,7-8H2,(H,17,19). The number of amides is 1. The van der Waals surface area contributed by atoms with Crippen LogP contribution in [0.4, 0.5) is 15.8 Å². The predicted octanol–water partition coefficient (Wildman–Crippen LogP) is 2.59. The molecule has 1 aromatic rings. The Hall–Kier alpha value is -2.02. The molecule has 6 nitrogen and oxygen atoms in total. The normalized spacial score (nSPS) is 18.2. The number of hydrogen-bond acceptors (Lipinski definition) is 4. The molecule has 0 aromatic heterocycles. The molecule has 1 amide bonds. The number of benzene rings is 1. The number of nitro groups is 1. The number of anilines is 1. The van der Waals surface area contributed by atoms with Crippen molar-refractivity contribution >= 4 is 17.3 Å². The highest BCUT2D eigenvalue weighted by atomic mass is 19.1. The van der Waals surface area contributed by atoms with Crippen LogP contribution in [0.15, 0.2) is 18.2 Å². The number of nitrogens with zero attached hydrogens (tertiary/aromatic N) is 1. The van der Waals surface area contributed by atoms with Gasteiger partial charge in [-0.3, -0.25) is 14.9 Å². The van der Waals surface area contributed by atoms with Crippen molar-refractivity contribution in [3.8, 4) is 0 Å². The van der Waals surface area contributed by atoms with Gasteiger partial charge in [-0.15, -0.1) is 0 Å². The van der Waals surface area contributed by atoms with E-state index < -0.39 is 16.4 Å². The van der Waals surface area contributed by atoms with Gasteiger partial charge in [-0.05, 0) is 37.9 Å². The van der Waals surface area contributed by atoms with Crippen LogP contribution in [0, 0.1) is 15.9 Å². The van der Waals surface area contributed by atoms with Crippen LogP contribution in [0.25, 0.3) is 0 Å². The maximum atomic E-state index is 13.0. The number of carbonyl (C=O) groups excluding carboxylic acids is 1.